The molecule has 3 aromatic rings. The first-order valence-corrected chi connectivity index (χ1v) is 9.88. The number of nitrogens with zero attached hydrogens (tertiary/aromatic N) is 5. The standard InChI is InChI=1S/C19H19F3N6O.C2HF3O2/c1-26(2)16-8-12(6-7-14(16)20)15-4-3-5-17(25-15)27-11-24-28(19(27)29)10-13(9-23)18(21)22;3-2(4,5)1(6)7/h3-8,11H,9-10,23H2,1-2H3;(H,6,7). The van der Waals surface area contributed by atoms with E-state index in [9.17, 15) is 31.1 Å². The molecule has 1 aromatic carbocycles. The molecule has 0 aliphatic rings. The molecular formula is C21H20F6N6O3. The lowest BCUT2D eigenvalue weighted by molar-refractivity contribution is -0.192. The van der Waals surface area contributed by atoms with E-state index in [1.54, 1.807) is 49.3 Å². The second kappa shape index (κ2) is 11.5. The lowest BCUT2D eigenvalue weighted by atomic mass is 10.1. The summed E-state index contributed by atoms with van der Waals surface area (Å²) in [7, 11) is 3.45. The van der Waals surface area contributed by atoms with Crippen LogP contribution in [0.25, 0.3) is 17.1 Å². The molecule has 0 spiro atoms. The summed E-state index contributed by atoms with van der Waals surface area (Å²) in [6, 6.07) is 9.57. The van der Waals surface area contributed by atoms with E-state index in [1.165, 1.54) is 12.4 Å². The fraction of sp³-hybridized carbons (Fsp3) is 0.238. The Bertz CT molecular complexity index is 1310. The van der Waals surface area contributed by atoms with E-state index in [0.717, 1.165) is 9.25 Å². The monoisotopic (exact) mass is 518 g/mol. The van der Waals surface area contributed by atoms with Gasteiger partial charge in [0, 0.05) is 31.8 Å². The van der Waals surface area contributed by atoms with Gasteiger partial charge in [-0.1, -0.05) is 6.07 Å². The average molecular weight is 518 g/mol. The lowest BCUT2D eigenvalue weighted by Gasteiger charge is -2.15. The number of anilines is 1. The predicted molar refractivity (Wildman–Crippen MR) is 117 cm³/mol. The van der Waals surface area contributed by atoms with Crippen LogP contribution in [0.2, 0.25) is 0 Å². The zero-order valence-corrected chi connectivity index (χ0v) is 18.8. The number of pyridine rings is 1. The molecule has 3 rings (SSSR count). The van der Waals surface area contributed by atoms with Gasteiger partial charge in [-0.05, 0) is 30.3 Å². The van der Waals surface area contributed by atoms with E-state index in [-0.39, 0.29) is 23.8 Å². The predicted octanol–water partition coefficient (Wildman–Crippen LogP) is 3.04. The van der Waals surface area contributed by atoms with Crippen molar-refractivity contribution in [3.8, 4) is 17.1 Å². The van der Waals surface area contributed by atoms with E-state index >= 15 is 0 Å². The number of aliphatic carboxylic acids is 1. The SMILES string of the molecule is CN(C)c1cc(-c2cccc(-n3cnn(CC(CN)=C(F)F)c3=O)n2)ccc1F.O=C(O)C(F)(F)F. The topological polar surface area (TPSA) is 119 Å². The van der Waals surface area contributed by atoms with Crippen LogP contribution in [0.3, 0.4) is 0 Å². The summed E-state index contributed by atoms with van der Waals surface area (Å²) in [6.45, 7) is -0.789. The summed E-state index contributed by atoms with van der Waals surface area (Å²) >= 11 is 0. The molecule has 36 heavy (non-hydrogen) atoms. The molecule has 0 amide bonds. The van der Waals surface area contributed by atoms with Gasteiger partial charge in [-0.25, -0.2) is 28.2 Å². The smallest absolute Gasteiger partial charge is 0.475 e. The third kappa shape index (κ3) is 6.94. The maximum absolute atomic E-state index is 13.9. The molecule has 15 heteroatoms. The van der Waals surface area contributed by atoms with E-state index in [0.29, 0.717) is 16.9 Å². The molecule has 0 fully saturated rings. The first kappa shape index (κ1) is 28.1. The van der Waals surface area contributed by atoms with Gasteiger partial charge in [-0.15, -0.1) is 0 Å². The van der Waals surface area contributed by atoms with Crippen molar-refractivity contribution in [2.24, 2.45) is 5.73 Å². The minimum Gasteiger partial charge on any atom is -0.475 e. The van der Waals surface area contributed by atoms with Crippen LogP contribution < -0.4 is 16.3 Å². The maximum Gasteiger partial charge on any atom is 0.490 e. The highest BCUT2D eigenvalue weighted by Crippen LogP contribution is 2.25. The van der Waals surface area contributed by atoms with Gasteiger partial charge in [-0.2, -0.15) is 27.1 Å². The highest BCUT2D eigenvalue weighted by molar-refractivity contribution is 5.73. The molecule has 0 saturated carbocycles. The molecule has 2 aromatic heterocycles. The number of carboxylic acid groups (broad SMARTS) is 1. The molecule has 0 aliphatic heterocycles. The molecule has 3 N–H and O–H groups in total. The van der Waals surface area contributed by atoms with Gasteiger partial charge in [0.15, 0.2) is 0 Å². The second-order valence-electron chi connectivity index (χ2n) is 7.25. The molecule has 0 saturated heterocycles. The van der Waals surface area contributed by atoms with Crippen LogP contribution in [0.4, 0.5) is 32.0 Å². The Labute approximate surface area is 199 Å². The third-order valence-electron chi connectivity index (χ3n) is 4.54. The van der Waals surface area contributed by atoms with Crippen LogP contribution in [0, 0.1) is 5.82 Å². The minimum absolute atomic E-state index is 0.258. The van der Waals surface area contributed by atoms with E-state index in [2.05, 4.69) is 10.1 Å². The number of rotatable bonds is 6. The molecule has 0 atom stereocenters. The summed E-state index contributed by atoms with van der Waals surface area (Å²) in [5.74, 6) is -2.86. The van der Waals surface area contributed by atoms with Crippen LogP contribution in [0.1, 0.15) is 0 Å². The van der Waals surface area contributed by atoms with Gasteiger partial charge in [0.1, 0.15) is 18.0 Å². The van der Waals surface area contributed by atoms with Crippen molar-refractivity contribution in [1.82, 2.24) is 19.3 Å². The maximum atomic E-state index is 13.9. The van der Waals surface area contributed by atoms with Crippen molar-refractivity contribution < 1.29 is 36.2 Å². The Morgan fingerprint density at radius 2 is 1.81 bits per heavy atom. The van der Waals surface area contributed by atoms with Crippen molar-refractivity contribution in [3.05, 3.63) is 70.7 Å². The number of carbonyl (C=O) groups is 1. The Hall–Kier alpha value is -4.14. The van der Waals surface area contributed by atoms with Crippen molar-refractivity contribution in [2.75, 3.05) is 25.5 Å². The normalized spacial score (nSPS) is 10.9. The number of carboxylic acids is 1. The molecule has 2 heterocycles. The van der Waals surface area contributed by atoms with Crippen molar-refractivity contribution >= 4 is 11.7 Å². The van der Waals surface area contributed by atoms with Crippen LogP contribution in [-0.2, 0) is 11.3 Å². The van der Waals surface area contributed by atoms with Gasteiger partial charge < -0.3 is 15.7 Å². The fourth-order valence-corrected chi connectivity index (χ4v) is 2.72. The first-order valence-electron chi connectivity index (χ1n) is 9.88. The van der Waals surface area contributed by atoms with Gasteiger partial charge in [0.25, 0.3) is 6.08 Å². The molecule has 0 bridgehead atoms. The summed E-state index contributed by atoms with van der Waals surface area (Å²) < 4.78 is 73.3. The summed E-state index contributed by atoms with van der Waals surface area (Å²) in [4.78, 5) is 27.5. The molecule has 0 unspecified atom stereocenters. The van der Waals surface area contributed by atoms with Crippen LogP contribution in [-0.4, -0.2) is 57.2 Å². The van der Waals surface area contributed by atoms with Crippen molar-refractivity contribution in [2.45, 2.75) is 12.7 Å². The number of aromatic nitrogens is 4. The van der Waals surface area contributed by atoms with E-state index in [1.807, 2.05) is 0 Å². The second-order valence-corrected chi connectivity index (χ2v) is 7.25. The number of hydrogen-bond acceptors (Lipinski definition) is 6. The van der Waals surface area contributed by atoms with Crippen molar-refractivity contribution in [3.63, 3.8) is 0 Å². The first-order chi connectivity index (χ1) is 16.8. The summed E-state index contributed by atoms with van der Waals surface area (Å²) in [6.07, 6.45) is -5.81. The Balaban J connectivity index is 0.000000572. The molecule has 0 aliphatic carbocycles. The number of alkyl halides is 3. The van der Waals surface area contributed by atoms with Gasteiger partial charge in [-0.3, -0.25) is 0 Å². The lowest BCUT2D eigenvalue weighted by Crippen LogP contribution is -2.26. The van der Waals surface area contributed by atoms with Gasteiger partial charge in [0.05, 0.1) is 17.9 Å². The summed E-state index contributed by atoms with van der Waals surface area (Å²) in [5, 5.41) is 11.0. The summed E-state index contributed by atoms with van der Waals surface area (Å²) in [5.41, 5.74) is 5.86. The number of benzene rings is 1. The fourth-order valence-electron chi connectivity index (χ4n) is 2.72. The zero-order valence-electron chi connectivity index (χ0n) is 18.8. The highest BCUT2D eigenvalue weighted by atomic mass is 19.4. The number of halogens is 6. The third-order valence-corrected chi connectivity index (χ3v) is 4.54. The Kier molecular flexibility index (Phi) is 9.00. The van der Waals surface area contributed by atoms with Gasteiger partial charge in [0.2, 0.25) is 0 Å². The number of hydrogen-bond donors (Lipinski definition) is 2. The van der Waals surface area contributed by atoms with Crippen molar-refractivity contribution in [1.29, 1.82) is 0 Å². The minimum atomic E-state index is -5.08. The molecule has 0 radical (unpaired) electrons. The highest BCUT2D eigenvalue weighted by Gasteiger charge is 2.38. The van der Waals surface area contributed by atoms with Crippen LogP contribution in [0.5, 0.6) is 0 Å². The van der Waals surface area contributed by atoms with Crippen LogP contribution >= 0.6 is 0 Å². The Morgan fingerprint density at radius 1 is 1.17 bits per heavy atom. The molecular weight excluding hydrogens is 498 g/mol. The van der Waals surface area contributed by atoms with E-state index in [4.69, 9.17) is 15.6 Å². The van der Waals surface area contributed by atoms with E-state index < -0.39 is 30.5 Å². The average Bonchev–Trinajstić information content (AvgIpc) is 3.17. The number of nitrogens with two attached hydrogens (primary N) is 1. The van der Waals surface area contributed by atoms with Gasteiger partial charge >= 0.3 is 17.8 Å². The van der Waals surface area contributed by atoms with Crippen LogP contribution in [0.15, 0.2) is 59.2 Å². The molecule has 9 nitrogen and oxygen atoms in total. The quantitative estimate of drug-likeness (QED) is 0.482. The zero-order chi connectivity index (χ0) is 27.2. The molecule has 194 valence electrons. The largest absolute Gasteiger partial charge is 0.490 e. The Morgan fingerprint density at radius 3 is 2.33 bits per heavy atom.